The van der Waals surface area contributed by atoms with Crippen LogP contribution < -0.4 is 9.47 Å². The number of ether oxygens (including phenoxy) is 2. The van der Waals surface area contributed by atoms with Crippen LogP contribution in [0.1, 0.15) is 38.3 Å². The predicted molar refractivity (Wildman–Crippen MR) is 129 cm³/mol. The molecule has 0 unspecified atom stereocenters. The first-order valence-corrected chi connectivity index (χ1v) is 11.1. The van der Waals surface area contributed by atoms with E-state index in [1.165, 1.54) is 19.1 Å². The first kappa shape index (κ1) is 25.9. The summed E-state index contributed by atoms with van der Waals surface area (Å²) in [5.74, 6) is 0.0462. The summed E-state index contributed by atoms with van der Waals surface area (Å²) >= 11 is 0. The van der Waals surface area contributed by atoms with Crippen LogP contribution in [0.4, 0.5) is 13.2 Å². The van der Waals surface area contributed by atoms with Crippen LogP contribution in [0.15, 0.2) is 78.9 Å². The van der Waals surface area contributed by atoms with Gasteiger partial charge in [0.05, 0.1) is 5.56 Å². The third-order valence-electron chi connectivity index (χ3n) is 5.82. The predicted octanol–water partition coefficient (Wildman–Crippen LogP) is 7.49. The van der Waals surface area contributed by atoms with Gasteiger partial charge in [0.1, 0.15) is 18.1 Å². The van der Waals surface area contributed by atoms with Crippen LogP contribution in [0.3, 0.4) is 0 Å². The van der Waals surface area contributed by atoms with Gasteiger partial charge in [0, 0.05) is 0 Å². The van der Waals surface area contributed by atoms with Crippen LogP contribution in [0.2, 0.25) is 0 Å². The van der Waals surface area contributed by atoms with E-state index in [0.717, 1.165) is 28.8 Å². The number of rotatable bonds is 9. The van der Waals surface area contributed by atoms with Gasteiger partial charge in [-0.2, -0.15) is 13.2 Å². The lowest BCUT2D eigenvalue weighted by atomic mass is 10.00. The van der Waals surface area contributed by atoms with Crippen molar-refractivity contribution in [1.82, 2.24) is 0 Å². The minimum atomic E-state index is -4.35. The SMILES string of the molecule is CC[C@](C)(Oc1ccc(OC/C=C(\C)c2ccc(-c3ccc(C(F)(F)F)cc3)cc2)cc1)C(=O)O. The Balaban J connectivity index is 1.58. The Morgan fingerprint density at radius 3 is 1.89 bits per heavy atom. The highest BCUT2D eigenvalue weighted by Gasteiger charge is 2.33. The van der Waals surface area contributed by atoms with Crippen LogP contribution in [-0.2, 0) is 11.0 Å². The van der Waals surface area contributed by atoms with Crippen LogP contribution >= 0.6 is 0 Å². The van der Waals surface area contributed by atoms with Crippen LogP contribution in [-0.4, -0.2) is 23.3 Å². The van der Waals surface area contributed by atoms with Crippen molar-refractivity contribution in [1.29, 1.82) is 0 Å². The van der Waals surface area contributed by atoms with Crippen molar-refractivity contribution in [2.24, 2.45) is 0 Å². The average Bonchev–Trinajstić information content (AvgIpc) is 2.84. The lowest BCUT2D eigenvalue weighted by Gasteiger charge is -2.24. The minimum absolute atomic E-state index is 0.328. The highest BCUT2D eigenvalue weighted by molar-refractivity contribution is 5.77. The minimum Gasteiger partial charge on any atom is -0.490 e. The number of hydrogen-bond donors (Lipinski definition) is 1. The summed E-state index contributed by atoms with van der Waals surface area (Å²) in [5, 5.41) is 9.33. The molecule has 1 atom stereocenters. The molecule has 0 aliphatic heterocycles. The van der Waals surface area contributed by atoms with E-state index in [2.05, 4.69) is 0 Å². The molecule has 1 N–H and O–H groups in total. The molecule has 3 aromatic carbocycles. The molecule has 0 spiro atoms. The van der Waals surface area contributed by atoms with Crippen LogP contribution in [0.25, 0.3) is 16.7 Å². The summed E-state index contributed by atoms with van der Waals surface area (Å²) in [6.07, 6.45) is -2.09. The molecule has 35 heavy (non-hydrogen) atoms. The molecule has 3 rings (SSSR count). The third kappa shape index (κ3) is 6.66. The number of allylic oxidation sites excluding steroid dienone is 1. The van der Waals surface area contributed by atoms with Gasteiger partial charge >= 0.3 is 12.1 Å². The van der Waals surface area contributed by atoms with E-state index in [0.29, 0.717) is 30.1 Å². The zero-order valence-electron chi connectivity index (χ0n) is 19.7. The van der Waals surface area contributed by atoms with E-state index < -0.39 is 23.3 Å². The Kier molecular flexibility index (Phi) is 7.89. The van der Waals surface area contributed by atoms with E-state index >= 15 is 0 Å². The van der Waals surface area contributed by atoms with E-state index in [-0.39, 0.29) is 0 Å². The Labute approximate surface area is 202 Å². The number of alkyl halides is 3. The van der Waals surface area contributed by atoms with Crippen LogP contribution in [0.5, 0.6) is 11.5 Å². The number of aliphatic carboxylic acids is 1. The monoisotopic (exact) mass is 484 g/mol. The van der Waals surface area contributed by atoms with Crippen molar-refractivity contribution >= 4 is 11.5 Å². The summed E-state index contributed by atoms with van der Waals surface area (Å²) in [4.78, 5) is 11.4. The van der Waals surface area contributed by atoms with Gasteiger partial charge in [-0.15, -0.1) is 0 Å². The fourth-order valence-corrected chi connectivity index (χ4v) is 3.29. The molecular weight excluding hydrogens is 457 g/mol. The first-order valence-electron chi connectivity index (χ1n) is 11.1. The molecule has 0 bridgehead atoms. The maximum absolute atomic E-state index is 12.7. The van der Waals surface area contributed by atoms with Gasteiger partial charge in [-0.1, -0.05) is 43.3 Å². The van der Waals surface area contributed by atoms with Gasteiger partial charge < -0.3 is 14.6 Å². The molecule has 0 saturated heterocycles. The molecule has 4 nitrogen and oxygen atoms in total. The van der Waals surface area contributed by atoms with Crippen molar-refractivity contribution in [2.75, 3.05) is 6.61 Å². The van der Waals surface area contributed by atoms with E-state index in [1.54, 1.807) is 31.2 Å². The van der Waals surface area contributed by atoms with Gasteiger partial charge in [0.25, 0.3) is 0 Å². The third-order valence-corrected chi connectivity index (χ3v) is 5.82. The lowest BCUT2D eigenvalue weighted by molar-refractivity contribution is -0.154. The van der Waals surface area contributed by atoms with Gasteiger partial charge in [-0.25, -0.2) is 4.79 Å². The molecule has 0 aromatic heterocycles. The Hall–Kier alpha value is -3.74. The summed E-state index contributed by atoms with van der Waals surface area (Å²) in [6.45, 7) is 5.56. The molecule has 0 fully saturated rings. The normalized spacial score (nSPS) is 13.7. The van der Waals surface area contributed by atoms with E-state index in [9.17, 15) is 23.1 Å². The largest absolute Gasteiger partial charge is 0.490 e. The zero-order chi connectivity index (χ0) is 25.6. The maximum atomic E-state index is 12.7. The van der Waals surface area contributed by atoms with Gasteiger partial charge in [-0.05, 0) is 85.0 Å². The van der Waals surface area contributed by atoms with Gasteiger partial charge in [0.2, 0.25) is 5.60 Å². The fraction of sp³-hybridized carbons (Fsp3) is 0.250. The highest BCUT2D eigenvalue weighted by atomic mass is 19.4. The summed E-state index contributed by atoms with van der Waals surface area (Å²) < 4.78 is 49.6. The topological polar surface area (TPSA) is 55.8 Å². The first-order chi connectivity index (χ1) is 16.5. The molecular formula is C28H27F3O4. The maximum Gasteiger partial charge on any atom is 0.416 e. The van der Waals surface area contributed by atoms with Crippen molar-refractivity contribution in [3.63, 3.8) is 0 Å². The van der Waals surface area contributed by atoms with E-state index in [1.807, 2.05) is 37.3 Å². The van der Waals surface area contributed by atoms with Crippen molar-refractivity contribution in [3.8, 4) is 22.6 Å². The molecule has 184 valence electrons. The fourth-order valence-electron chi connectivity index (χ4n) is 3.29. The van der Waals surface area contributed by atoms with E-state index in [4.69, 9.17) is 9.47 Å². The average molecular weight is 485 g/mol. The molecule has 3 aromatic rings. The summed E-state index contributed by atoms with van der Waals surface area (Å²) in [5.41, 5.74) is 1.55. The second-order valence-corrected chi connectivity index (χ2v) is 8.31. The zero-order valence-corrected chi connectivity index (χ0v) is 19.7. The number of carbonyl (C=O) groups is 1. The van der Waals surface area contributed by atoms with Crippen molar-refractivity contribution < 1.29 is 32.5 Å². The number of carboxylic acids is 1. The number of halogens is 3. The second-order valence-electron chi connectivity index (χ2n) is 8.31. The molecule has 0 aliphatic carbocycles. The van der Waals surface area contributed by atoms with Crippen molar-refractivity contribution in [2.45, 2.75) is 39.0 Å². The lowest BCUT2D eigenvalue weighted by Crippen LogP contribution is -2.40. The smallest absolute Gasteiger partial charge is 0.416 e. The van der Waals surface area contributed by atoms with Crippen molar-refractivity contribution in [3.05, 3.63) is 90.0 Å². The Bertz CT molecular complexity index is 1160. The summed E-state index contributed by atoms with van der Waals surface area (Å²) in [7, 11) is 0. The quantitative estimate of drug-likeness (QED) is 0.342. The number of benzene rings is 3. The Morgan fingerprint density at radius 2 is 1.40 bits per heavy atom. The molecule has 0 saturated carbocycles. The van der Waals surface area contributed by atoms with Gasteiger partial charge in [0.15, 0.2) is 0 Å². The number of carboxylic acid groups (broad SMARTS) is 1. The molecule has 7 heteroatoms. The molecule has 0 aliphatic rings. The van der Waals surface area contributed by atoms with Crippen LogP contribution in [0, 0.1) is 0 Å². The summed E-state index contributed by atoms with van der Waals surface area (Å²) in [6, 6.07) is 19.4. The molecule has 0 heterocycles. The molecule has 0 amide bonds. The number of hydrogen-bond acceptors (Lipinski definition) is 3. The van der Waals surface area contributed by atoms with Gasteiger partial charge in [-0.3, -0.25) is 0 Å². The highest BCUT2D eigenvalue weighted by Crippen LogP contribution is 2.31. The molecule has 0 radical (unpaired) electrons. The standard InChI is InChI=1S/C28H27F3O4/c1-4-27(3,26(32)33)35-25-15-13-24(14-16-25)34-18-17-19(2)20-5-7-21(8-6-20)22-9-11-23(12-10-22)28(29,30)31/h5-17H,4,18H2,1-3H3,(H,32,33)/b19-17+/t27-/m0/s1. The Morgan fingerprint density at radius 1 is 0.886 bits per heavy atom. The second kappa shape index (κ2) is 10.7.